The second-order valence-corrected chi connectivity index (χ2v) is 5.98. The maximum absolute atomic E-state index is 11.7. The van der Waals surface area contributed by atoms with Gasteiger partial charge in [0.1, 0.15) is 0 Å². The Labute approximate surface area is 107 Å². The van der Waals surface area contributed by atoms with E-state index in [0.717, 1.165) is 17.0 Å². The van der Waals surface area contributed by atoms with Gasteiger partial charge < -0.3 is 11.1 Å². The van der Waals surface area contributed by atoms with Crippen molar-refractivity contribution in [3.63, 3.8) is 0 Å². The van der Waals surface area contributed by atoms with Gasteiger partial charge in [-0.1, -0.05) is 19.9 Å². The molecule has 94 valence electrons. The van der Waals surface area contributed by atoms with Crippen LogP contribution >= 0.6 is 11.8 Å². The molecule has 1 rings (SSSR count). The van der Waals surface area contributed by atoms with Gasteiger partial charge >= 0.3 is 0 Å². The van der Waals surface area contributed by atoms with Gasteiger partial charge in [0.25, 0.3) is 0 Å². The van der Waals surface area contributed by atoms with Gasteiger partial charge in [-0.05, 0) is 29.9 Å². The van der Waals surface area contributed by atoms with Gasteiger partial charge in [-0.3, -0.25) is 4.79 Å². The van der Waals surface area contributed by atoms with Gasteiger partial charge in [-0.2, -0.15) is 11.8 Å². The molecule has 0 aliphatic carbocycles. The summed E-state index contributed by atoms with van der Waals surface area (Å²) in [5, 5.41) is 3.46. The van der Waals surface area contributed by atoms with Crippen LogP contribution in [0.15, 0.2) is 18.2 Å². The monoisotopic (exact) mass is 252 g/mol. The van der Waals surface area contributed by atoms with E-state index in [1.165, 1.54) is 0 Å². The Morgan fingerprint density at radius 2 is 2.18 bits per heavy atom. The van der Waals surface area contributed by atoms with Crippen LogP contribution in [0.5, 0.6) is 0 Å². The van der Waals surface area contributed by atoms with E-state index in [1.54, 1.807) is 17.8 Å². The molecule has 0 atom stereocenters. The number of nitrogen functional groups attached to an aromatic ring is 1. The molecule has 0 aliphatic rings. The molecule has 17 heavy (non-hydrogen) atoms. The molecular weight excluding hydrogens is 232 g/mol. The van der Waals surface area contributed by atoms with Crippen LogP contribution in [0.3, 0.4) is 0 Å². The highest BCUT2D eigenvalue weighted by Gasteiger charge is 2.05. The summed E-state index contributed by atoms with van der Waals surface area (Å²) in [5.41, 5.74) is 8.20. The molecule has 3 nitrogen and oxygen atoms in total. The fourth-order valence-electron chi connectivity index (χ4n) is 1.37. The lowest BCUT2D eigenvalue weighted by Crippen LogP contribution is -2.13. The predicted molar refractivity (Wildman–Crippen MR) is 76.4 cm³/mol. The molecule has 1 aromatic rings. The zero-order chi connectivity index (χ0) is 12.8. The molecule has 0 heterocycles. The Bertz CT molecular complexity index is 391. The molecule has 1 aromatic carbocycles. The van der Waals surface area contributed by atoms with Crippen LogP contribution in [-0.2, 0) is 4.79 Å². The van der Waals surface area contributed by atoms with Crippen LogP contribution in [0.2, 0.25) is 0 Å². The molecule has 0 bridgehead atoms. The third-order valence-electron chi connectivity index (χ3n) is 2.32. The van der Waals surface area contributed by atoms with Crippen LogP contribution in [0.25, 0.3) is 0 Å². The molecule has 1 amide bonds. The summed E-state index contributed by atoms with van der Waals surface area (Å²) >= 11 is 1.79. The summed E-state index contributed by atoms with van der Waals surface area (Å²) in [5.74, 6) is 0.900. The molecule has 0 spiro atoms. The van der Waals surface area contributed by atoms with Gasteiger partial charge in [0.15, 0.2) is 0 Å². The van der Waals surface area contributed by atoms with Crippen LogP contribution in [0.4, 0.5) is 11.4 Å². The Hall–Kier alpha value is -1.16. The van der Waals surface area contributed by atoms with Crippen molar-refractivity contribution in [2.24, 2.45) is 0 Å². The van der Waals surface area contributed by atoms with Gasteiger partial charge in [0.2, 0.25) is 5.91 Å². The van der Waals surface area contributed by atoms with Crippen molar-refractivity contribution in [3.8, 4) is 0 Å². The minimum absolute atomic E-state index is 0.0480. The molecule has 0 fully saturated rings. The first-order valence-electron chi connectivity index (χ1n) is 5.76. The van der Waals surface area contributed by atoms with E-state index in [-0.39, 0.29) is 5.91 Å². The van der Waals surface area contributed by atoms with Crippen LogP contribution in [-0.4, -0.2) is 16.9 Å². The van der Waals surface area contributed by atoms with E-state index in [4.69, 9.17) is 5.73 Å². The number of rotatable bonds is 5. The van der Waals surface area contributed by atoms with Crippen molar-refractivity contribution in [2.75, 3.05) is 16.8 Å². The summed E-state index contributed by atoms with van der Waals surface area (Å²) in [6.45, 7) is 6.22. The third kappa shape index (κ3) is 5.13. The van der Waals surface area contributed by atoms with E-state index in [0.29, 0.717) is 17.4 Å². The molecule has 0 saturated heterocycles. The predicted octanol–water partition coefficient (Wildman–Crippen LogP) is 3.05. The Balaban J connectivity index is 2.47. The fourth-order valence-corrected chi connectivity index (χ4v) is 2.15. The first-order chi connectivity index (χ1) is 7.99. The molecule has 0 radical (unpaired) electrons. The number of hydrogen-bond acceptors (Lipinski definition) is 3. The maximum Gasteiger partial charge on any atom is 0.225 e. The number of nitrogens with one attached hydrogen (secondary N) is 1. The van der Waals surface area contributed by atoms with Crippen molar-refractivity contribution in [2.45, 2.75) is 32.4 Å². The maximum atomic E-state index is 11.7. The topological polar surface area (TPSA) is 55.1 Å². The third-order valence-corrected chi connectivity index (χ3v) is 3.42. The largest absolute Gasteiger partial charge is 0.399 e. The minimum atomic E-state index is 0.0480. The fraction of sp³-hybridized carbons (Fsp3) is 0.462. The molecule has 0 aliphatic heterocycles. The average molecular weight is 252 g/mol. The number of aryl methyl sites for hydroxylation is 1. The van der Waals surface area contributed by atoms with Gasteiger partial charge in [0, 0.05) is 23.5 Å². The van der Waals surface area contributed by atoms with Gasteiger partial charge in [-0.15, -0.1) is 0 Å². The number of carbonyl (C=O) groups excluding carboxylic acids is 1. The van der Waals surface area contributed by atoms with Crippen molar-refractivity contribution in [1.29, 1.82) is 0 Å². The van der Waals surface area contributed by atoms with Gasteiger partial charge in [0.05, 0.1) is 0 Å². The number of anilines is 2. The van der Waals surface area contributed by atoms with Crippen molar-refractivity contribution >= 4 is 29.0 Å². The number of nitrogens with two attached hydrogens (primary N) is 1. The van der Waals surface area contributed by atoms with E-state index in [2.05, 4.69) is 19.2 Å². The Morgan fingerprint density at radius 3 is 2.82 bits per heavy atom. The summed E-state index contributed by atoms with van der Waals surface area (Å²) in [6.07, 6.45) is 0.539. The minimum Gasteiger partial charge on any atom is -0.399 e. The number of amides is 1. The average Bonchev–Trinajstić information content (AvgIpc) is 2.23. The normalized spacial score (nSPS) is 10.6. The van der Waals surface area contributed by atoms with E-state index >= 15 is 0 Å². The van der Waals surface area contributed by atoms with Crippen LogP contribution < -0.4 is 11.1 Å². The molecule has 0 saturated carbocycles. The lowest BCUT2D eigenvalue weighted by molar-refractivity contribution is -0.115. The number of hydrogen-bond donors (Lipinski definition) is 2. The number of benzene rings is 1. The van der Waals surface area contributed by atoms with E-state index in [1.807, 2.05) is 19.1 Å². The zero-order valence-corrected chi connectivity index (χ0v) is 11.4. The highest BCUT2D eigenvalue weighted by Crippen LogP contribution is 2.18. The smallest absolute Gasteiger partial charge is 0.225 e. The van der Waals surface area contributed by atoms with Crippen molar-refractivity contribution in [1.82, 2.24) is 0 Å². The van der Waals surface area contributed by atoms with Gasteiger partial charge in [-0.25, -0.2) is 0 Å². The van der Waals surface area contributed by atoms with Crippen molar-refractivity contribution in [3.05, 3.63) is 23.8 Å². The summed E-state index contributed by atoms with van der Waals surface area (Å²) < 4.78 is 0. The Morgan fingerprint density at radius 1 is 1.47 bits per heavy atom. The zero-order valence-electron chi connectivity index (χ0n) is 10.6. The molecule has 3 N–H and O–H groups in total. The van der Waals surface area contributed by atoms with Crippen LogP contribution in [0.1, 0.15) is 25.8 Å². The number of thioether (sulfide) groups is 1. The van der Waals surface area contributed by atoms with E-state index in [9.17, 15) is 4.79 Å². The molecular formula is C13H20N2OS. The van der Waals surface area contributed by atoms with E-state index < -0.39 is 0 Å². The highest BCUT2D eigenvalue weighted by molar-refractivity contribution is 7.99. The molecule has 0 aromatic heterocycles. The highest BCUT2D eigenvalue weighted by atomic mass is 32.2. The summed E-state index contributed by atoms with van der Waals surface area (Å²) in [6, 6.07) is 5.54. The lowest BCUT2D eigenvalue weighted by atomic mass is 10.2. The quantitative estimate of drug-likeness (QED) is 0.792. The summed E-state index contributed by atoms with van der Waals surface area (Å²) in [4.78, 5) is 11.7. The molecule has 0 unspecified atom stereocenters. The second-order valence-electron chi connectivity index (χ2n) is 4.29. The second kappa shape index (κ2) is 6.55. The Kier molecular flexibility index (Phi) is 5.35. The SMILES string of the molecule is Cc1ccc(N)cc1NC(=O)CCSC(C)C. The standard InChI is InChI=1S/C13H20N2OS/c1-9(2)17-7-6-13(16)15-12-8-11(14)5-4-10(12)3/h4-5,8-9H,6-7,14H2,1-3H3,(H,15,16). The van der Waals surface area contributed by atoms with Crippen LogP contribution in [0, 0.1) is 6.92 Å². The first kappa shape index (κ1) is 13.9. The van der Waals surface area contributed by atoms with Crippen molar-refractivity contribution < 1.29 is 4.79 Å². The first-order valence-corrected chi connectivity index (χ1v) is 6.81. The number of carbonyl (C=O) groups is 1. The summed E-state index contributed by atoms with van der Waals surface area (Å²) in [7, 11) is 0. The lowest BCUT2D eigenvalue weighted by Gasteiger charge is -2.09. The molecule has 4 heteroatoms.